The maximum absolute atomic E-state index is 13.5. The van der Waals surface area contributed by atoms with Crippen LogP contribution in [0, 0.1) is 29.0 Å². The van der Waals surface area contributed by atoms with E-state index in [0.29, 0.717) is 29.8 Å². The first-order valence-electron chi connectivity index (χ1n) is 8.38. The van der Waals surface area contributed by atoms with E-state index in [4.69, 9.17) is 5.26 Å². The quantitative estimate of drug-likeness (QED) is 0.880. The van der Waals surface area contributed by atoms with Crippen LogP contribution in [-0.2, 0) is 0 Å². The molecule has 134 valence electrons. The normalized spacial score (nSPS) is 19.4. The van der Waals surface area contributed by atoms with Crippen LogP contribution in [-0.4, -0.2) is 47.3 Å². The fraction of sp³-hybridized carbons (Fsp3) is 0.300. The van der Waals surface area contributed by atoms with E-state index in [1.807, 2.05) is 6.07 Å². The van der Waals surface area contributed by atoms with E-state index in [1.165, 1.54) is 12.1 Å². The lowest BCUT2D eigenvalue weighted by atomic mass is 9.98. The molecule has 1 saturated heterocycles. The van der Waals surface area contributed by atoms with Gasteiger partial charge >= 0.3 is 0 Å². The molecule has 5 nitrogen and oxygen atoms in total. The van der Waals surface area contributed by atoms with Gasteiger partial charge < -0.3 is 15.1 Å². The first-order chi connectivity index (χ1) is 12.6. The topological polar surface area (TPSA) is 84.6 Å². The largest absolute Gasteiger partial charge is 0.396 e. The number of nitriles is 1. The third-order valence-electron chi connectivity index (χ3n) is 4.86. The fourth-order valence-electron chi connectivity index (χ4n) is 3.32. The molecule has 2 aromatic rings. The first kappa shape index (κ1) is 18.1. The number of carbonyl (C=O) groups is 1. The maximum atomic E-state index is 13.5. The van der Waals surface area contributed by atoms with E-state index in [0.717, 1.165) is 0 Å². The lowest BCUT2D eigenvalue weighted by Gasteiger charge is -2.17. The van der Waals surface area contributed by atoms with Gasteiger partial charge in [0.2, 0.25) is 0 Å². The van der Waals surface area contributed by atoms with Crippen LogP contribution in [0.2, 0.25) is 0 Å². The zero-order valence-electron chi connectivity index (χ0n) is 14.1. The molecule has 3 rings (SSSR count). The molecular weight excluding hydrogens is 335 g/mol. The number of aliphatic hydroxyl groups is 2. The molecule has 0 aromatic heterocycles. The van der Waals surface area contributed by atoms with Crippen molar-refractivity contribution in [2.24, 2.45) is 11.8 Å². The Morgan fingerprint density at radius 2 is 1.77 bits per heavy atom. The number of rotatable bonds is 4. The van der Waals surface area contributed by atoms with Crippen molar-refractivity contribution in [1.82, 2.24) is 4.90 Å². The SMILES string of the molecule is N#Cc1cc(-c2cccc(C(=O)N3C[C@@H](CO)[C@H](CO)C3)c2)ccc1F. The number of benzene rings is 2. The highest BCUT2D eigenvalue weighted by Gasteiger charge is 2.34. The summed E-state index contributed by atoms with van der Waals surface area (Å²) in [6.07, 6.45) is 0. The van der Waals surface area contributed by atoms with E-state index in [2.05, 4.69) is 0 Å². The summed E-state index contributed by atoms with van der Waals surface area (Å²) in [5.74, 6) is -1.00. The minimum Gasteiger partial charge on any atom is -0.396 e. The summed E-state index contributed by atoms with van der Waals surface area (Å²) in [5, 5.41) is 27.8. The number of halogens is 1. The number of hydrogen-bond acceptors (Lipinski definition) is 4. The summed E-state index contributed by atoms with van der Waals surface area (Å²) in [5.41, 5.74) is 1.79. The van der Waals surface area contributed by atoms with Gasteiger partial charge in [-0.2, -0.15) is 5.26 Å². The second kappa shape index (κ2) is 7.65. The molecule has 2 N–H and O–H groups in total. The lowest BCUT2D eigenvalue weighted by Crippen LogP contribution is -2.29. The number of likely N-dealkylation sites (tertiary alicyclic amines) is 1. The molecule has 6 heteroatoms. The molecule has 1 amide bonds. The van der Waals surface area contributed by atoms with Crippen molar-refractivity contribution in [2.45, 2.75) is 0 Å². The Balaban J connectivity index is 1.86. The molecule has 0 unspecified atom stereocenters. The van der Waals surface area contributed by atoms with Gasteiger partial charge in [0.05, 0.1) is 5.56 Å². The molecule has 2 aromatic carbocycles. The molecule has 26 heavy (non-hydrogen) atoms. The minimum absolute atomic E-state index is 0.0460. The van der Waals surface area contributed by atoms with Crippen molar-refractivity contribution >= 4 is 5.91 Å². The molecule has 1 fully saturated rings. The zero-order chi connectivity index (χ0) is 18.7. The summed E-state index contributed by atoms with van der Waals surface area (Å²) >= 11 is 0. The van der Waals surface area contributed by atoms with Crippen molar-refractivity contribution in [3.63, 3.8) is 0 Å². The van der Waals surface area contributed by atoms with E-state index in [1.54, 1.807) is 35.2 Å². The minimum atomic E-state index is -0.578. The Morgan fingerprint density at radius 3 is 2.38 bits per heavy atom. The van der Waals surface area contributed by atoms with Crippen LogP contribution in [0.3, 0.4) is 0 Å². The van der Waals surface area contributed by atoms with E-state index in [-0.39, 0.29) is 36.5 Å². The highest BCUT2D eigenvalue weighted by molar-refractivity contribution is 5.95. The smallest absolute Gasteiger partial charge is 0.253 e. The standard InChI is InChI=1S/C20H19FN2O3/c21-19-5-4-14(7-16(19)8-22)13-2-1-3-15(6-13)20(26)23-9-17(11-24)18(10-23)12-25/h1-7,17-18,24-25H,9-12H2/t17-,18-/m0/s1. The maximum Gasteiger partial charge on any atom is 0.253 e. The predicted molar refractivity (Wildman–Crippen MR) is 93.6 cm³/mol. The van der Waals surface area contributed by atoms with Gasteiger partial charge in [0.15, 0.2) is 0 Å². The average Bonchev–Trinajstić information content (AvgIpc) is 3.11. The Labute approximate surface area is 150 Å². The van der Waals surface area contributed by atoms with Crippen LogP contribution >= 0.6 is 0 Å². The Bertz CT molecular complexity index is 850. The molecule has 1 aliphatic heterocycles. The van der Waals surface area contributed by atoms with Gasteiger partial charge in [-0.1, -0.05) is 18.2 Å². The molecule has 0 saturated carbocycles. The number of aliphatic hydroxyl groups excluding tert-OH is 2. The van der Waals surface area contributed by atoms with Gasteiger partial charge in [-0.05, 0) is 35.4 Å². The molecule has 1 aliphatic rings. The zero-order valence-corrected chi connectivity index (χ0v) is 14.1. The number of carbonyl (C=O) groups excluding carboxylic acids is 1. The summed E-state index contributed by atoms with van der Waals surface area (Å²) in [6.45, 7) is 0.670. The number of amides is 1. The van der Waals surface area contributed by atoms with Gasteiger partial charge in [0.1, 0.15) is 11.9 Å². The molecule has 0 radical (unpaired) electrons. The van der Waals surface area contributed by atoms with Crippen molar-refractivity contribution in [3.8, 4) is 17.2 Å². The van der Waals surface area contributed by atoms with Crippen molar-refractivity contribution in [2.75, 3.05) is 26.3 Å². The van der Waals surface area contributed by atoms with Gasteiger partial charge in [-0.3, -0.25) is 4.79 Å². The van der Waals surface area contributed by atoms with Crippen LogP contribution in [0.4, 0.5) is 4.39 Å². The summed E-state index contributed by atoms with van der Waals surface area (Å²) in [6, 6.07) is 13.0. The van der Waals surface area contributed by atoms with Crippen molar-refractivity contribution in [1.29, 1.82) is 5.26 Å². The highest BCUT2D eigenvalue weighted by atomic mass is 19.1. The summed E-state index contributed by atoms with van der Waals surface area (Å²) in [4.78, 5) is 14.4. The van der Waals surface area contributed by atoms with Crippen LogP contribution < -0.4 is 0 Å². The summed E-state index contributed by atoms with van der Waals surface area (Å²) < 4.78 is 13.5. The molecule has 2 atom stereocenters. The van der Waals surface area contributed by atoms with Gasteiger partial charge in [0, 0.05) is 43.7 Å². The Hall–Kier alpha value is -2.75. The monoisotopic (exact) mass is 354 g/mol. The van der Waals surface area contributed by atoms with Crippen LogP contribution in [0.25, 0.3) is 11.1 Å². The van der Waals surface area contributed by atoms with Crippen molar-refractivity contribution < 1.29 is 19.4 Å². The molecule has 1 heterocycles. The van der Waals surface area contributed by atoms with Gasteiger partial charge in [0.25, 0.3) is 5.91 Å². The fourth-order valence-corrected chi connectivity index (χ4v) is 3.32. The molecule has 0 spiro atoms. The van der Waals surface area contributed by atoms with Crippen molar-refractivity contribution in [3.05, 3.63) is 59.4 Å². The van der Waals surface area contributed by atoms with Crippen LogP contribution in [0.1, 0.15) is 15.9 Å². The number of nitrogens with zero attached hydrogens (tertiary/aromatic N) is 2. The molecular formula is C20H19FN2O3. The molecule has 0 bridgehead atoms. The highest BCUT2D eigenvalue weighted by Crippen LogP contribution is 2.27. The van der Waals surface area contributed by atoms with Crippen LogP contribution in [0.15, 0.2) is 42.5 Å². The van der Waals surface area contributed by atoms with Crippen LogP contribution in [0.5, 0.6) is 0 Å². The third kappa shape index (κ3) is 3.45. The third-order valence-corrected chi connectivity index (χ3v) is 4.86. The van der Waals surface area contributed by atoms with Gasteiger partial charge in [-0.25, -0.2) is 4.39 Å². The number of hydrogen-bond donors (Lipinski definition) is 2. The molecule has 0 aliphatic carbocycles. The van der Waals surface area contributed by atoms with E-state index < -0.39 is 5.82 Å². The Kier molecular flexibility index (Phi) is 5.31. The average molecular weight is 354 g/mol. The van der Waals surface area contributed by atoms with Gasteiger partial charge in [-0.15, -0.1) is 0 Å². The second-order valence-corrected chi connectivity index (χ2v) is 6.48. The lowest BCUT2D eigenvalue weighted by molar-refractivity contribution is 0.0778. The van der Waals surface area contributed by atoms with E-state index in [9.17, 15) is 19.4 Å². The Morgan fingerprint density at radius 1 is 1.12 bits per heavy atom. The predicted octanol–water partition coefficient (Wildman–Crippen LogP) is 2.04. The van der Waals surface area contributed by atoms with E-state index >= 15 is 0 Å². The first-order valence-corrected chi connectivity index (χ1v) is 8.38. The second-order valence-electron chi connectivity index (χ2n) is 6.48. The summed E-state index contributed by atoms with van der Waals surface area (Å²) in [7, 11) is 0.